The molecule has 8 heteroatoms. The summed E-state index contributed by atoms with van der Waals surface area (Å²) in [5.41, 5.74) is -0.343. The average Bonchev–Trinajstić information content (AvgIpc) is 2.14. The van der Waals surface area contributed by atoms with E-state index >= 15 is 0 Å². The van der Waals surface area contributed by atoms with Crippen LogP contribution < -0.4 is 9.58 Å². The second-order valence-electron chi connectivity index (χ2n) is 2.63. The highest BCUT2D eigenvalue weighted by Gasteiger charge is 2.29. The quantitative estimate of drug-likeness (QED) is 0.336. The van der Waals surface area contributed by atoms with Gasteiger partial charge in [-0.2, -0.15) is 0 Å². The van der Waals surface area contributed by atoms with Crippen LogP contribution in [0.15, 0.2) is 0 Å². The first-order chi connectivity index (χ1) is 6.99. The molecule has 0 unspecified atom stereocenters. The first-order valence-corrected chi connectivity index (χ1v) is 4.44. The van der Waals surface area contributed by atoms with E-state index in [-0.39, 0.29) is 33.7 Å². The molecular formula is C7H8ClN3O4. The smallest absolute Gasteiger partial charge is 0.360 e. The lowest BCUT2D eigenvalue weighted by molar-refractivity contribution is -0.668. The van der Waals surface area contributed by atoms with E-state index in [0.717, 1.165) is 0 Å². The van der Waals surface area contributed by atoms with Crippen molar-refractivity contribution >= 4 is 17.3 Å². The van der Waals surface area contributed by atoms with E-state index in [4.69, 9.17) is 16.3 Å². The summed E-state index contributed by atoms with van der Waals surface area (Å²) in [7, 11) is 0. The fourth-order valence-electron chi connectivity index (χ4n) is 1.02. The van der Waals surface area contributed by atoms with Crippen molar-refractivity contribution in [1.82, 2.24) is 5.10 Å². The molecule has 82 valence electrons. The third kappa shape index (κ3) is 2.07. The highest BCUT2D eigenvalue weighted by Crippen LogP contribution is 2.30. The molecule has 7 nitrogen and oxygen atoms in total. The first kappa shape index (κ1) is 11.4. The lowest BCUT2D eigenvalue weighted by Crippen LogP contribution is -2.34. The maximum atomic E-state index is 11.1. The summed E-state index contributed by atoms with van der Waals surface area (Å²) in [4.78, 5) is 10.1. The molecule has 15 heavy (non-hydrogen) atoms. The normalized spacial score (nSPS) is 10.1. The van der Waals surface area contributed by atoms with Crippen molar-refractivity contribution in [3.05, 3.63) is 26.0 Å². The van der Waals surface area contributed by atoms with Crippen molar-refractivity contribution in [1.29, 1.82) is 0 Å². The number of ether oxygens (including phenoxy) is 1. The van der Waals surface area contributed by atoms with E-state index in [1.165, 1.54) is 6.92 Å². The minimum atomic E-state index is -0.681. The van der Waals surface area contributed by atoms with E-state index in [2.05, 4.69) is 5.10 Å². The SMILES string of the molecule is CCOc1n[n+]([O-])c(Cl)c(C)c1[N+](=O)[O-]. The molecule has 0 atom stereocenters. The predicted molar refractivity (Wildman–Crippen MR) is 50.8 cm³/mol. The number of halogens is 1. The van der Waals surface area contributed by atoms with E-state index in [1.54, 1.807) is 6.92 Å². The largest absolute Gasteiger partial charge is 0.593 e. The van der Waals surface area contributed by atoms with E-state index in [0.29, 0.717) is 0 Å². The summed E-state index contributed by atoms with van der Waals surface area (Å²) in [5.74, 6) is -0.320. The van der Waals surface area contributed by atoms with Crippen LogP contribution in [0.25, 0.3) is 0 Å². The van der Waals surface area contributed by atoms with Gasteiger partial charge in [0.1, 0.15) is 5.56 Å². The van der Waals surface area contributed by atoms with Gasteiger partial charge in [-0.05, 0) is 30.3 Å². The molecule has 0 fully saturated rings. The van der Waals surface area contributed by atoms with Crippen LogP contribution in [-0.4, -0.2) is 16.6 Å². The Balaban J connectivity index is 3.43. The third-order valence-corrected chi connectivity index (χ3v) is 2.11. The summed E-state index contributed by atoms with van der Waals surface area (Å²) in [6.45, 7) is 3.17. The topological polar surface area (TPSA) is 92.2 Å². The maximum Gasteiger partial charge on any atom is 0.360 e. The van der Waals surface area contributed by atoms with Crippen LogP contribution in [0, 0.1) is 22.2 Å². The minimum absolute atomic E-state index is 0.0371. The fraction of sp³-hybridized carbons (Fsp3) is 0.429. The zero-order valence-electron chi connectivity index (χ0n) is 8.06. The van der Waals surface area contributed by atoms with Gasteiger partial charge in [-0.3, -0.25) is 10.1 Å². The molecule has 1 aromatic heterocycles. The van der Waals surface area contributed by atoms with Gasteiger partial charge in [-0.1, -0.05) is 0 Å². The molecule has 0 N–H and O–H groups in total. The van der Waals surface area contributed by atoms with Gasteiger partial charge in [0.15, 0.2) is 0 Å². The van der Waals surface area contributed by atoms with Gasteiger partial charge in [-0.15, -0.1) is 0 Å². The molecule has 0 aliphatic heterocycles. The Morgan fingerprint density at radius 2 is 2.27 bits per heavy atom. The van der Waals surface area contributed by atoms with Crippen molar-refractivity contribution in [2.75, 3.05) is 6.61 Å². The predicted octanol–water partition coefficient (Wildman–Crippen LogP) is 0.984. The third-order valence-electron chi connectivity index (χ3n) is 1.68. The number of aromatic nitrogens is 2. The first-order valence-electron chi connectivity index (χ1n) is 4.06. The average molecular weight is 234 g/mol. The van der Waals surface area contributed by atoms with Gasteiger partial charge in [0, 0.05) is 0 Å². The number of hydrogen-bond acceptors (Lipinski definition) is 5. The van der Waals surface area contributed by atoms with Crippen LogP contribution >= 0.6 is 11.6 Å². The Kier molecular flexibility index (Phi) is 3.25. The Morgan fingerprint density at radius 1 is 1.67 bits per heavy atom. The van der Waals surface area contributed by atoms with Gasteiger partial charge < -0.3 is 9.94 Å². The molecule has 0 saturated heterocycles. The lowest BCUT2D eigenvalue weighted by atomic mass is 10.3. The van der Waals surface area contributed by atoms with Gasteiger partial charge in [0.2, 0.25) is 0 Å². The molecule has 0 aliphatic carbocycles. The van der Waals surface area contributed by atoms with E-state index < -0.39 is 4.92 Å². The number of hydrogen-bond donors (Lipinski definition) is 0. The lowest BCUT2D eigenvalue weighted by Gasteiger charge is -2.04. The molecule has 1 aromatic rings. The van der Waals surface area contributed by atoms with Crippen LogP contribution in [0.1, 0.15) is 12.5 Å². The Labute approximate surface area is 90.0 Å². The highest BCUT2D eigenvalue weighted by atomic mass is 35.5. The molecule has 0 spiro atoms. The second kappa shape index (κ2) is 4.26. The van der Waals surface area contributed by atoms with Crippen molar-refractivity contribution in [2.45, 2.75) is 13.8 Å². The number of rotatable bonds is 3. The standard InChI is InChI=1S/C7H8ClN3O4/c1-3-15-7-5(11(13)14)4(2)6(8)10(12)9-7/h3H2,1-2H3. The molecule has 1 rings (SSSR count). The monoisotopic (exact) mass is 233 g/mol. The second-order valence-corrected chi connectivity index (χ2v) is 2.99. The van der Waals surface area contributed by atoms with Gasteiger partial charge in [-0.25, -0.2) is 0 Å². The molecule has 0 saturated carbocycles. The molecule has 0 bridgehead atoms. The maximum absolute atomic E-state index is 11.1. The molecule has 0 aromatic carbocycles. The Morgan fingerprint density at radius 3 is 2.73 bits per heavy atom. The van der Waals surface area contributed by atoms with Crippen LogP contribution in [0.3, 0.4) is 0 Å². The van der Waals surface area contributed by atoms with Crippen molar-refractivity contribution in [2.24, 2.45) is 0 Å². The number of nitrogens with zero attached hydrogens (tertiary/aromatic N) is 3. The molecule has 0 radical (unpaired) electrons. The van der Waals surface area contributed by atoms with Crippen LogP contribution in [0.2, 0.25) is 5.15 Å². The molecule has 0 amide bonds. The molecular weight excluding hydrogens is 226 g/mol. The summed E-state index contributed by atoms with van der Waals surface area (Å²) in [6, 6.07) is 0. The highest BCUT2D eigenvalue weighted by molar-refractivity contribution is 6.29. The Bertz CT molecular complexity index is 410. The Hall–Kier alpha value is -1.63. The number of nitro groups is 1. The summed E-state index contributed by atoms with van der Waals surface area (Å²) >= 11 is 5.53. The van der Waals surface area contributed by atoms with Crippen molar-refractivity contribution < 1.29 is 14.5 Å². The minimum Gasteiger partial charge on any atom is -0.593 e. The van der Waals surface area contributed by atoms with E-state index in [9.17, 15) is 15.3 Å². The van der Waals surface area contributed by atoms with Gasteiger partial charge in [0.05, 0.1) is 16.6 Å². The zero-order chi connectivity index (χ0) is 11.6. The van der Waals surface area contributed by atoms with Crippen LogP contribution in [-0.2, 0) is 0 Å². The van der Waals surface area contributed by atoms with E-state index in [1.807, 2.05) is 0 Å². The fourth-order valence-corrected chi connectivity index (χ4v) is 1.15. The summed E-state index contributed by atoms with van der Waals surface area (Å²) < 4.78 is 4.88. The van der Waals surface area contributed by atoms with Crippen LogP contribution in [0.5, 0.6) is 5.88 Å². The molecule has 0 aliphatic rings. The van der Waals surface area contributed by atoms with Crippen molar-refractivity contribution in [3.63, 3.8) is 0 Å². The summed E-state index contributed by atoms with van der Waals surface area (Å²) in [5, 5.41) is 24.8. The molecule has 1 heterocycles. The van der Waals surface area contributed by atoms with Crippen LogP contribution in [0.4, 0.5) is 5.69 Å². The zero-order valence-corrected chi connectivity index (χ0v) is 8.82. The van der Waals surface area contributed by atoms with Gasteiger partial charge in [0.25, 0.3) is 0 Å². The van der Waals surface area contributed by atoms with Gasteiger partial charge >= 0.3 is 16.7 Å². The van der Waals surface area contributed by atoms with Crippen molar-refractivity contribution in [3.8, 4) is 5.88 Å². The summed E-state index contributed by atoms with van der Waals surface area (Å²) in [6.07, 6.45) is 0.